The van der Waals surface area contributed by atoms with Crippen molar-refractivity contribution in [3.05, 3.63) is 22.7 Å². The molecule has 17 heavy (non-hydrogen) atoms. The lowest BCUT2D eigenvalue weighted by atomic mass is 10.0. The van der Waals surface area contributed by atoms with E-state index in [4.69, 9.17) is 31.9 Å². The van der Waals surface area contributed by atoms with Crippen molar-refractivity contribution in [1.29, 1.82) is 0 Å². The highest BCUT2D eigenvalue weighted by atomic mass is 35.5. The average Bonchev–Trinajstić information content (AvgIpc) is 2.32. The van der Waals surface area contributed by atoms with E-state index in [1.54, 1.807) is 12.1 Å². The quantitative estimate of drug-likeness (QED) is 0.846. The van der Waals surface area contributed by atoms with Gasteiger partial charge in [0, 0.05) is 17.0 Å². The first-order valence-corrected chi connectivity index (χ1v) is 5.52. The summed E-state index contributed by atoms with van der Waals surface area (Å²) in [5.74, 6) is 0.00378. The van der Waals surface area contributed by atoms with Gasteiger partial charge in [-0.1, -0.05) is 11.6 Å². The zero-order valence-corrected chi connectivity index (χ0v) is 9.74. The second kappa shape index (κ2) is 4.81. The lowest BCUT2D eigenvalue weighted by Crippen LogP contribution is -2.32. The molecule has 1 heterocycles. The zero-order chi connectivity index (χ0) is 12.4. The van der Waals surface area contributed by atoms with Gasteiger partial charge in [0.1, 0.15) is 19.3 Å². The van der Waals surface area contributed by atoms with E-state index in [1.807, 2.05) is 0 Å². The average molecular weight is 258 g/mol. The molecule has 0 spiro atoms. The van der Waals surface area contributed by atoms with Crippen molar-refractivity contribution in [3.8, 4) is 11.5 Å². The van der Waals surface area contributed by atoms with Crippen LogP contribution in [0, 0.1) is 0 Å². The number of carbonyl (C=O) groups is 1. The molecular formula is C11H12ClNO4. The minimum atomic E-state index is -1.07. The van der Waals surface area contributed by atoms with Gasteiger partial charge in [0.05, 0.1) is 0 Å². The van der Waals surface area contributed by atoms with E-state index in [9.17, 15) is 4.79 Å². The Hall–Kier alpha value is -1.46. The Labute approximate surface area is 103 Å². The SMILES string of the molecule is NC(Cc1c(Cl)ccc2c1OCCO2)C(=O)O. The Bertz CT molecular complexity index is 449. The fraction of sp³-hybridized carbons (Fsp3) is 0.364. The number of halogens is 1. The maximum Gasteiger partial charge on any atom is 0.320 e. The van der Waals surface area contributed by atoms with Gasteiger partial charge in [-0.05, 0) is 12.1 Å². The normalized spacial score (nSPS) is 15.4. The highest BCUT2D eigenvalue weighted by Crippen LogP contribution is 2.38. The first-order valence-electron chi connectivity index (χ1n) is 5.15. The molecule has 5 nitrogen and oxygen atoms in total. The maximum absolute atomic E-state index is 10.7. The van der Waals surface area contributed by atoms with Crippen LogP contribution in [0.3, 0.4) is 0 Å². The molecule has 2 rings (SSSR count). The molecule has 0 aliphatic carbocycles. The summed E-state index contributed by atoms with van der Waals surface area (Å²) in [6.45, 7) is 0.891. The number of carboxylic acids is 1. The standard InChI is InChI=1S/C11H12ClNO4/c12-7-1-2-9-10(17-4-3-16-9)6(7)5-8(13)11(14)15/h1-2,8H,3-5,13H2,(H,14,15). The van der Waals surface area contributed by atoms with Crippen molar-refractivity contribution < 1.29 is 19.4 Å². The summed E-state index contributed by atoms with van der Waals surface area (Å²) >= 11 is 6.03. The van der Waals surface area contributed by atoms with E-state index in [1.165, 1.54) is 0 Å². The highest BCUT2D eigenvalue weighted by Gasteiger charge is 2.22. The molecular weight excluding hydrogens is 246 g/mol. The third kappa shape index (κ3) is 2.45. The largest absolute Gasteiger partial charge is 0.486 e. The Morgan fingerprint density at radius 3 is 2.88 bits per heavy atom. The number of fused-ring (bicyclic) bond motifs is 1. The van der Waals surface area contributed by atoms with Crippen LogP contribution in [-0.2, 0) is 11.2 Å². The van der Waals surface area contributed by atoms with Gasteiger partial charge >= 0.3 is 5.97 Å². The van der Waals surface area contributed by atoms with Crippen LogP contribution in [0.5, 0.6) is 11.5 Å². The van der Waals surface area contributed by atoms with Crippen LogP contribution < -0.4 is 15.2 Å². The Balaban J connectivity index is 2.34. The number of carboxylic acid groups (broad SMARTS) is 1. The summed E-state index contributed by atoms with van der Waals surface area (Å²) in [6.07, 6.45) is 0.112. The first kappa shape index (κ1) is 12.0. The molecule has 1 aromatic rings. The summed E-state index contributed by atoms with van der Waals surface area (Å²) in [6, 6.07) is 2.34. The molecule has 1 aromatic carbocycles. The third-order valence-corrected chi connectivity index (χ3v) is 2.85. The zero-order valence-electron chi connectivity index (χ0n) is 8.98. The number of ether oxygens (including phenoxy) is 2. The van der Waals surface area contributed by atoms with E-state index in [2.05, 4.69) is 0 Å². The van der Waals surface area contributed by atoms with Crippen LogP contribution >= 0.6 is 11.6 Å². The van der Waals surface area contributed by atoms with Gasteiger partial charge in [0.2, 0.25) is 0 Å². The van der Waals surface area contributed by atoms with E-state index < -0.39 is 12.0 Å². The minimum Gasteiger partial charge on any atom is -0.486 e. The molecule has 0 fully saturated rings. The molecule has 92 valence electrons. The molecule has 0 radical (unpaired) electrons. The molecule has 6 heteroatoms. The smallest absolute Gasteiger partial charge is 0.320 e. The number of hydrogen-bond donors (Lipinski definition) is 2. The van der Waals surface area contributed by atoms with Gasteiger partial charge in [-0.3, -0.25) is 4.79 Å². The van der Waals surface area contributed by atoms with E-state index in [0.717, 1.165) is 0 Å². The molecule has 3 N–H and O–H groups in total. The van der Waals surface area contributed by atoms with Crippen LogP contribution in [0.2, 0.25) is 5.02 Å². The molecule has 1 aliphatic rings. The molecule has 0 bridgehead atoms. The molecule has 1 aliphatic heterocycles. The second-order valence-corrected chi connectivity index (χ2v) is 4.11. The van der Waals surface area contributed by atoms with Crippen LogP contribution in [0.1, 0.15) is 5.56 Å². The van der Waals surface area contributed by atoms with Crippen molar-refractivity contribution in [1.82, 2.24) is 0 Å². The summed E-state index contributed by atoms with van der Waals surface area (Å²) in [5.41, 5.74) is 6.08. The van der Waals surface area contributed by atoms with E-state index in [0.29, 0.717) is 35.3 Å². The van der Waals surface area contributed by atoms with Crippen molar-refractivity contribution in [2.45, 2.75) is 12.5 Å². The maximum atomic E-state index is 10.7. The van der Waals surface area contributed by atoms with Gasteiger partial charge in [0.25, 0.3) is 0 Å². The Kier molecular flexibility index (Phi) is 3.40. The van der Waals surface area contributed by atoms with Gasteiger partial charge in [-0.2, -0.15) is 0 Å². The van der Waals surface area contributed by atoms with E-state index >= 15 is 0 Å². The lowest BCUT2D eigenvalue weighted by molar-refractivity contribution is -0.138. The fourth-order valence-corrected chi connectivity index (χ4v) is 1.87. The van der Waals surface area contributed by atoms with Crippen molar-refractivity contribution in [2.75, 3.05) is 13.2 Å². The summed E-state index contributed by atoms with van der Waals surface area (Å²) in [7, 11) is 0. The number of benzene rings is 1. The third-order valence-electron chi connectivity index (χ3n) is 2.50. The van der Waals surface area contributed by atoms with Crippen LogP contribution in [0.15, 0.2) is 12.1 Å². The topological polar surface area (TPSA) is 81.8 Å². The van der Waals surface area contributed by atoms with Crippen LogP contribution in [0.25, 0.3) is 0 Å². The van der Waals surface area contributed by atoms with Gasteiger partial charge in [-0.15, -0.1) is 0 Å². The predicted molar refractivity (Wildman–Crippen MR) is 61.8 cm³/mol. The summed E-state index contributed by atoms with van der Waals surface area (Å²) in [5, 5.41) is 9.23. The highest BCUT2D eigenvalue weighted by molar-refractivity contribution is 6.31. The van der Waals surface area contributed by atoms with Gasteiger partial charge in [-0.25, -0.2) is 0 Å². The molecule has 0 amide bonds. The first-order chi connectivity index (χ1) is 8.09. The van der Waals surface area contributed by atoms with Crippen LogP contribution in [-0.4, -0.2) is 30.3 Å². The molecule has 1 unspecified atom stereocenters. The van der Waals surface area contributed by atoms with Gasteiger partial charge in [0.15, 0.2) is 11.5 Å². The molecule has 0 aromatic heterocycles. The van der Waals surface area contributed by atoms with Crippen LogP contribution in [0.4, 0.5) is 0 Å². The van der Waals surface area contributed by atoms with Gasteiger partial charge < -0.3 is 20.3 Å². The molecule has 0 saturated carbocycles. The monoisotopic (exact) mass is 257 g/mol. The summed E-state index contributed by atoms with van der Waals surface area (Å²) in [4.78, 5) is 10.7. The molecule has 1 atom stereocenters. The number of nitrogens with two attached hydrogens (primary N) is 1. The number of aliphatic carboxylic acids is 1. The predicted octanol–water partition coefficient (Wildman–Crippen LogP) is 1.07. The Morgan fingerprint density at radius 1 is 1.47 bits per heavy atom. The Morgan fingerprint density at radius 2 is 2.18 bits per heavy atom. The lowest BCUT2D eigenvalue weighted by Gasteiger charge is -2.22. The minimum absolute atomic E-state index is 0.112. The number of hydrogen-bond acceptors (Lipinski definition) is 4. The molecule has 0 saturated heterocycles. The van der Waals surface area contributed by atoms with Crippen molar-refractivity contribution in [2.24, 2.45) is 5.73 Å². The van der Waals surface area contributed by atoms with Crippen molar-refractivity contribution in [3.63, 3.8) is 0 Å². The van der Waals surface area contributed by atoms with Crippen molar-refractivity contribution >= 4 is 17.6 Å². The summed E-state index contributed by atoms with van der Waals surface area (Å²) < 4.78 is 10.8. The second-order valence-electron chi connectivity index (χ2n) is 3.70. The van der Waals surface area contributed by atoms with E-state index in [-0.39, 0.29) is 6.42 Å². The number of rotatable bonds is 3. The fourth-order valence-electron chi connectivity index (χ4n) is 1.65.